The Kier molecular flexibility index (Phi) is 9.13. The number of benzene rings is 2. The molecule has 226 valence electrons. The van der Waals surface area contributed by atoms with Gasteiger partial charge >= 0.3 is 12.2 Å². The summed E-state index contributed by atoms with van der Waals surface area (Å²) in [5.74, 6) is -0.656. The van der Waals surface area contributed by atoms with Crippen molar-refractivity contribution in [3.8, 4) is 0 Å². The number of hydrogen-bond donors (Lipinski definition) is 1. The Hall–Kier alpha value is -4.80. The Labute approximate surface area is 249 Å². The normalized spacial score (nSPS) is 11.7. The van der Waals surface area contributed by atoms with Gasteiger partial charge < -0.3 is 14.8 Å². The molecular weight excluding hydrogens is 553 g/mol. The van der Waals surface area contributed by atoms with Gasteiger partial charge in [-0.1, -0.05) is 24.3 Å². The third kappa shape index (κ3) is 8.37. The highest BCUT2D eigenvalue weighted by Crippen LogP contribution is 2.22. The van der Waals surface area contributed by atoms with E-state index in [9.17, 15) is 18.8 Å². The van der Waals surface area contributed by atoms with E-state index in [0.717, 1.165) is 0 Å². The van der Waals surface area contributed by atoms with Gasteiger partial charge in [0.2, 0.25) is 0 Å². The summed E-state index contributed by atoms with van der Waals surface area (Å²) in [5, 5.41) is 2.67. The fraction of sp³-hybridized carbons (Fsp3) is 0.344. The van der Waals surface area contributed by atoms with Gasteiger partial charge in [-0.25, -0.2) is 23.5 Å². The zero-order valence-electron chi connectivity index (χ0n) is 25.2. The molecule has 4 rings (SSSR count). The van der Waals surface area contributed by atoms with Crippen LogP contribution < -0.4 is 5.32 Å². The Morgan fingerprint density at radius 3 is 2.33 bits per heavy atom. The first-order chi connectivity index (χ1) is 20.2. The highest BCUT2D eigenvalue weighted by atomic mass is 19.1. The van der Waals surface area contributed by atoms with E-state index in [4.69, 9.17) is 9.47 Å². The molecule has 2 heterocycles. The summed E-state index contributed by atoms with van der Waals surface area (Å²) in [5.41, 5.74) is 0.628. The van der Waals surface area contributed by atoms with Gasteiger partial charge in [0.25, 0.3) is 5.91 Å². The molecule has 0 aliphatic carbocycles. The van der Waals surface area contributed by atoms with Gasteiger partial charge in [0.1, 0.15) is 22.8 Å². The number of ether oxygens (including phenoxy) is 2. The minimum atomic E-state index is -0.789. The minimum Gasteiger partial charge on any atom is -0.444 e. The number of pyridine rings is 1. The number of amides is 2. The van der Waals surface area contributed by atoms with Crippen LogP contribution in [0.4, 0.5) is 14.0 Å². The molecule has 0 radical (unpaired) electrons. The molecule has 0 spiro atoms. The van der Waals surface area contributed by atoms with E-state index in [1.165, 1.54) is 27.8 Å². The fourth-order valence-electron chi connectivity index (χ4n) is 4.22. The molecule has 0 aliphatic rings. The highest BCUT2D eigenvalue weighted by Gasteiger charge is 2.28. The number of aromatic nitrogens is 3. The van der Waals surface area contributed by atoms with E-state index in [1.807, 2.05) is 6.07 Å². The second-order valence-corrected chi connectivity index (χ2v) is 12.0. The van der Waals surface area contributed by atoms with E-state index in [0.29, 0.717) is 22.2 Å². The molecule has 2 amide bonds. The molecule has 0 saturated heterocycles. The molecule has 0 unspecified atom stereocenters. The Bertz CT molecular complexity index is 1640. The van der Waals surface area contributed by atoms with Crippen molar-refractivity contribution >= 4 is 29.1 Å². The number of carbonyl (C=O) groups is 3. The van der Waals surface area contributed by atoms with Crippen LogP contribution in [0.3, 0.4) is 0 Å². The quantitative estimate of drug-likeness (QED) is 0.272. The van der Waals surface area contributed by atoms with Crippen molar-refractivity contribution in [3.05, 3.63) is 95.3 Å². The fourth-order valence-corrected chi connectivity index (χ4v) is 4.22. The Morgan fingerprint density at radius 1 is 0.907 bits per heavy atom. The van der Waals surface area contributed by atoms with Crippen LogP contribution >= 0.6 is 0 Å². The van der Waals surface area contributed by atoms with Crippen LogP contribution in [0.1, 0.15) is 69.0 Å². The maximum Gasteiger partial charge on any atom is 0.420 e. The van der Waals surface area contributed by atoms with Crippen LogP contribution in [0, 0.1) is 5.82 Å². The lowest BCUT2D eigenvalue weighted by Gasteiger charge is -2.28. The maximum atomic E-state index is 14.0. The standard InChI is InChI=1S/C32H36FN5O5/c1-31(2,3)42-29(40)37(20-27-36-24-14-7-8-15-26(24)38(27)30(41)43-32(4,5)6)19-21-11-9-12-22(17-21)28(39)35-18-25-23(33)13-10-16-34-25/h7-17H,18-20H2,1-6H3,(H,35,39). The molecular formula is C32H36FN5O5. The zero-order valence-corrected chi connectivity index (χ0v) is 25.2. The van der Waals surface area contributed by atoms with Crippen LogP contribution in [0.5, 0.6) is 0 Å². The molecule has 0 aliphatic heterocycles. The molecule has 0 atom stereocenters. The van der Waals surface area contributed by atoms with Gasteiger partial charge in [-0.2, -0.15) is 0 Å². The lowest BCUT2D eigenvalue weighted by molar-refractivity contribution is 0.0203. The van der Waals surface area contributed by atoms with Gasteiger partial charge in [-0.3, -0.25) is 14.7 Å². The van der Waals surface area contributed by atoms with Gasteiger partial charge in [-0.15, -0.1) is 0 Å². The molecule has 2 aromatic heterocycles. The number of halogens is 1. The lowest BCUT2D eigenvalue weighted by Crippen LogP contribution is -2.37. The molecule has 43 heavy (non-hydrogen) atoms. The smallest absolute Gasteiger partial charge is 0.420 e. The van der Waals surface area contributed by atoms with Gasteiger partial charge in [0.05, 0.1) is 29.8 Å². The third-order valence-corrected chi connectivity index (χ3v) is 6.00. The first kappa shape index (κ1) is 31.1. The summed E-state index contributed by atoms with van der Waals surface area (Å²) in [6.45, 7) is 10.5. The SMILES string of the molecule is CC(C)(C)OC(=O)N(Cc1cccc(C(=O)NCc2ncccc2F)c1)Cc1nc2ccccc2n1C(=O)OC(C)(C)C. The summed E-state index contributed by atoms with van der Waals surface area (Å²) in [7, 11) is 0. The first-order valence-corrected chi connectivity index (χ1v) is 13.8. The Balaban J connectivity index is 1.62. The molecule has 10 nitrogen and oxygen atoms in total. The van der Waals surface area contributed by atoms with Crippen molar-refractivity contribution in [2.24, 2.45) is 0 Å². The second kappa shape index (κ2) is 12.6. The predicted octanol–water partition coefficient (Wildman–Crippen LogP) is 6.22. The number of hydrogen-bond acceptors (Lipinski definition) is 7. The highest BCUT2D eigenvalue weighted by molar-refractivity contribution is 5.94. The van der Waals surface area contributed by atoms with Crippen LogP contribution in [-0.2, 0) is 29.1 Å². The number of fused-ring (bicyclic) bond motifs is 1. The lowest BCUT2D eigenvalue weighted by atomic mass is 10.1. The minimum absolute atomic E-state index is 0.0441. The summed E-state index contributed by atoms with van der Waals surface area (Å²) >= 11 is 0. The molecule has 0 saturated carbocycles. The molecule has 1 N–H and O–H groups in total. The van der Waals surface area contributed by atoms with Crippen LogP contribution in [0.15, 0.2) is 66.9 Å². The Morgan fingerprint density at radius 2 is 1.63 bits per heavy atom. The van der Waals surface area contributed by atoms with E-state index in [2.05, 4.69) is 15.3 Å². The summed E-state index contributed by atoms with van der Waals surface area (Å²) < 4.78 is 26.7. The van der Waals surface area contributed by atoms with Crippen molar-refractivity contribution in [1.82, 2.24) is 24.8 Å². The van der Waals surface area contributed by atoms with Gasteiger partial charge in [-0.05, 0) is 83.5 Å². The third-order valence-electron chi connectivity index (χ3n) is 6.00. The average molecular weight is 590 g/mol. The average Bonchev–Trinajstić information content (AvgIpc) is 3.28. The number of carbonyl (C=O) groups excluding carboxylic acids is 3. The molecule has 11 heteroatoms. The van der Waals surface area contributed by atoms with E-state index < -0.39 is 35.1 Å². The number of rotatable bonds is 7. The van der Waals surface area contributed by atoms with Gasteiger partial charge in [0.15, 0.2) is 0 Å². The monoisotopic (exact) mass is 589 g/mol. The van der Waals surface area contributed by atoms with E-state index in [-0.39, 0.29) is 31.2 Å². The largest absolute Gasteiger partial charge is 0.444 e. The van der Waals surface area contributed by atoms with E-state index >= 15 is 0 Å². The van der Waals surface area contributed by atoms with Gasteiger partial charge in [0, 0.05) is 18.3 Å². The molecule has 2 aromatic carbocycles. The van der Waals surface area contributed by atoms with Crippen molar-refractivity contribution in [2.75, 3.05) is 0 Å². The van der Waals surface area contributed by atoms with Crippen molar-refractivity contribution in [1.29, 1.82) is 0 Å². The molecule has 0 bridgehead atoms. The van der Waals surface area contributed by atoms with E-state index in [1.54, 1.807) is 84.0 Å². The molecule has 4 aromatic rings. The van der Waals surface area contributed by atoms with Crippen molar-refractivity contribution < 1.29 is 28.2 Å². The van der Waals surface area contributed by atoms with Crippen molar-refractivity contribution in [3.63, 3.8) is 0 Å². The number of imidazole rings is 1. The zero-order chi connectivity index (χ0) is 31.4. The topological polar surface area (TPSA) is 116 Å². The maximum absolute atomic E-state index is 14.0. The summed E-state index contributed by atoms with van der Waals surface area (Å²) in [6, 6.07) is 16.6. The van der Waals surface area contributed by atoms with Crippen LogP contribution in [0.25, 0.3) is 11.0 Å². The first-order valence-electron chi connectivity index (χ1n) is 13.8. The van der Waals surface area contributed by atoms with Crippen molar-refractivity contribution in [2.45, 2.75) is 72.4 Å². The number of nitrogens with one attached hydrogen (secondary N) is 1. The van der Waals surface area contributed by atoms with Crippen LogP contribution in [0.2, 0.25) is 0 Å². The molecule has 0 fully saturated rings. The summed E-state index contributed by atoms with van der Waals surface area (Å²) in [4.78, 5) is 49.6. The summed E-state index contributed by atoms with van der Waals surface area (Å²) in [6.07, 6.45) is 0.201. The number of nitrogens with zero attached hydrogens (tertiary/aromatic N) is 4. The van der Waals surface area contributed by atoms with Crippen LogP contribution in [-0.4, -0.2) is 48.7 Å². The number of para-hydroxylation sites is 2. The predicted molar refractivity (Wildman–Crippen MR) is 159 cm³/mol. The second-order valence-electron chi connectivity index (χ2n) is 12.0.